The van der Waals surface area contributed by atoms with E-state index in [1.807, 2.05) is 6.92 Å². The van der Waals surface area contributed by atoms with Crippen molar-refractivity contribution in [1.82, 2.24) is 0 Å². The van der Waals surface area contributed by atoms with Crippen LogP contribution in [0, 0.1) is 5.92 Å². The maximum atomic E-state index is 10.4. The first kappa shape index (κ1) is 8.27. The van der Waals surface area contributed by atoms with Crippen molar-refractivity contribution in [3.8, 4) is 0 Å². The maximum absolute atomic E-state index is 10.4. The van der Waals surface area contributed by atoms with Gasteiger partial charge in [0.05, 0.1) is 12.7 Å². The lowest BCUT2D eigenvalue weighted by Crippen LogP contribution is -2.10. The quantitative estimate of drug-likeness (QED) is 0.489. The Morgan fingerprint density at radius 1 is 1.91 bits per heavy atom. The first-order chi connectivity index (χ1) is 5.11. The fraction of sp³-hybridized carbons (Fsp3) is 0.625. The molecule has 0 radical (unpaired) electrons. The standard InChI is InChI=1S/C8H12O3/c1-5(3-7-4-11-7)6(2)8(9)10/h5,7H,2-4H2,1H3,(H,9,10)/t5?,7-/m0/s1. The minimum Gasteiger partial charge on any atom is -0.478 e. The summed E-state index contributed by atoms with van der Waals surface area (Å²) in [6.45, 7) is 6.11. The van der Waals surface area contributed by atoms with Crippen LogP contribution < -0.4 is 0 Å². The molecule has 0 spiro atoms. The predicted molar refractivity (Wildman–Crippen MR) is 40.3 cm³/mol. The summed E-state index contributed by atoms with van der Waals surface area (Å²) >= 11 is 0. The molecule has 0 aromatic rings. The zero-order valence-electron chi connectivity index (χ0n) is 6.54. The van der Waals surface area contributed by atoms with Gasteiger partial charge in [-0.3, -0.25) is 0 Å². The Hall–Kier alpha value is -0.830. The van der Waals surface area contributed by atoms with Gasteiger partial charge < -0.3 is 9.84 Å². The normalized spacial score (nSPS) is 24.3. The molecule has 1 rings (SSSR count). The van der Waals surface area contributed by atoms with Gasteiger partial charge in [-0.05, 0) is 12.3 Å². The molecule has 0 aliphatic carbocycles. The van der Waals surface area contributed by atoms with Crippen LogP contribution in [0.4, 0.5) is 0 Å². The Morgan fingerprint density at radius 3 is 2.82 bits per heavy atom. The Morgan fingerprint density at radius 2 is 2.45 bits per heavy atom. The smallest absolute Gasteiger partial charge is 0.331 e. The van der Waals surface area contributed by atoms with Crippen LogP contribution in [0.25, 0.3) is 0 Å². The molecule has 1 heterocycles. The summed E-state index contributed by atoms with van der Waals surface area (Å²) in [7, 11) is 0. The van der Waals surface area contributed by atoms with Crippen LogP contribution in [0.3, 0.4) is 0 Å². The third kappa shape index (κ3) is 2.35. The van der Waals surface area contributed by atoms with Gasteiger partial charge in [0, 0.05) is 5.57 Å². The monoisotopic (exact) mass is 156 g/mol. The van der Waals surface area contributed by atoms with Crippen molar-refractivity contribution in [2.45, 2.75) is 19.4 Å². The molecule has 1 saturated heterocycles. The van der Waals surface area contributed by atoms with E-state index in [4.69, 9.17) is 9.84 Å². The highest BCUT2D eigenvalue weighted by atomic mass is 16.6. The molecule has 1 fully saturated rings. The van der Waals surface area contributed by atoms with Crippen molar-refractivity contribution < 1.29 is 14.6 Å². The zero-order valence-corrected chi connectivity index (χ0v) is 6.54. The van der Waals surface area contributed by atoms with E-state index in [1.165, 1.54) is 0 Å². The van der Waals surface area contributed by atoms with Gasteiger partial charge in [-0.1, -0.05) is 13.5 Å². The average Bonchev–Trinajstić information content (AvgIpc) is 2.69. The van der Waals surface area contributed by atoms with E-state index in [9.17, 15) is 4.79 Å². The van der Waals surface area contributed by atoms with Crippen LogP contribution in [0.5, 0.6) is 0 Å². The molecule has 3 heteroatoms. The third-order valence-electron chi connectivity index (χ3n) is 1.89. The topological polar surface area (TPSA) is 49.8 Å². The molecular weight excluding hydrogens is 144 g/mol. The molecule has 3 nitrogen and oxygen atoms in total. The van der Waals surface area contributed by atoms with Gasteiger partial charge in [0.1, 0.15) is 0 Å². The summed E-state index contributed by atoms with van der Waals surface area (Å²) < 4.78 is 4.98. The van der Waals surface area contributed by atoms with Gasteiger partial charge in [0.2, 0.25) is 0 Å². The van der Waals surface area contributed by atoms with Gasteiger partial charge >= 0.3 is 5.97 Å². The number of rotatable bonds is 4. The van der Waals surface area contributed by atoms with E-state index < -0.39 is 5.97 Å². The molecular formula is C8H12O3. The van der Waals surface area contributed by atoms with Gasteiger partial charge in [-0.15, -0.1) is 0 Å². The molecule has 1 aliphatic rings. The molecule has 0 amide bonds. The van der Waals surface area contributed by atoms with Crippen LogP contribution in [0.2, 0.25) is 0 Å². The molecule has 1 N–H and O–H groups in total. The predicted octanol–water partition coefficient (Wildman–Crippen LogP) is 1.05. The second-order valence-corrected chi connectivity index (χ2v) is 2.92. The summed E-state index contributed by atoms with van der Waals surface area (Å²) in [6, 6.07) is 0. The van der Waals surface area contributed by atoms with Crippen molar-refractivity contribution in [1.29, 1.82) is 0 Å². The summed E-state index contributed by atoms with van der Waals surface area (Å²) in [5.74, 6) is -0.877. The van der Waals surface area contributed by atoms with Gasteiger partial charge in [-0.25, -0.2) is 4.79 Å². The first-order valence-electron chi connectivity index (χ1n) is 3.65. The third-order valence-corrected chi connectivity index (χ3v) is 1.89. The molecule has 1 aliphatic heterocycles. The fourth-order valence-corrected chi connectivity index (χ4v) is 0.952. The van der Waals surface area contributed by atoms with Crippen LogP contribution in [-0.2, 0) is 9.53 Å². The van der Waals surface area contributed by atoms with Gasteiger partial charge in [-0.2, -0.15) is 0 Å². The van der Waals surface area contributed by atoms with Crippen LogP contribution in [0.1, 0.15) is 13.3 Å². The summed E-state index contributed by atoms with van der Waals surface area (Å²) in [5.41, 5.74) is 0.278. The van der Waals surface area contributed by atoms with Crippen molar-refractivity contribution >= 4 is 5.97 Å². The average molecular weight is 156 g/mol. The van der Waals surface area contributed by atoms with Crippen LogP contribution in [-0.4, -0.2) is 23.8 Å². The second-order valence-electron chi connectivity index (χ2n) is 2.92. The molecule has 11 heavy (non-hydrogen) atoms. The Balaban J connectivity index is 2.32. The number of carbonyl (C=O) groups is 1. The summed E-state index contributed by atoms with van der Waals surface area (Å²) in [4.78, 5) is 10.4. The number of aliphatic carboxylic acids is 1. The SMILES string of the molecule is C=C(C(=O)O)C(C)C[C@H]1CO1. The number of hydrogen-bond donors (Lipinski definition) is 1. The van der Waals surface area contributed by atoms with Crippen LogP contribution in [0.15, 0.2) is 12.2 Å². The highest BCUT2D eigenvalue weighted by Gasteiger charge is 2.27. The number of hydrogen-bond acceptors (Lipinski definition) is 2. The van der Waals surface area contributed by atoms with Gasteiger partial charge in [0.25, 0.3) is 0 Å². The van der Waals surface area contributed by atoms with Crippen molar-refractivity contribution in [2.75, 3.05) is 6.61 Å². The second kappa shape index (κ2) is 3.05. The number of epoxide rings is 1. The van der Waals surface area contributed by atoms with E-state index in [-0.39, 0.29) is 17.6 Å². The maximum Gasteiger partial charge on any atom is 0.331 e. The van der Waals surface area contributed by atoms with E-state index in [0.717, 1.165) is 13.0 Å². The van der Waals surface area contributed by atoms with Gasteiger partial charge in [0.15, 0.2) is 0 Å². The van der Waals surface area contributed by atoms with E-state index in [0.29, 0.717) is 0 Å². The fourth-order valence-electron chi connectivity index (χ4n) is 0.952. The molecule has 1 unspecified atom stereocenters. The highest BCUT2D eigenvalue weighted by molar-refractivity contribution is 5.86. The lowest BCUT2D eigenvalue weighted by atomic mass is 9.98. The molecule has 0 aromatic carbocycles. The number of carboxylic acid groups (broad SMARTS) is 1. The highest BCUT2D eigenvalue weighted by Crippen LogP contribution is 2.23. The lowest BCUT2D eigenvalue weighted by Gasteiger charge is -2.07. The lowest BCUT2D eigenvalue weighted by molar-refractivity contribution is -0.133. The van der Waals surface area contributed by atoms with Crippen molar-refractivity contribution in [3.05, 3.63) is 12.2 Å². The minimum absolute atomic E-state index is 0.0278. The summed E-state index contributed by atoms with van der Waals surface area (Å²) in [5, 5.41) is 8.55. The van der Waals surface area contributed by atoms with E-state index in [1.54, 1.807) is 0 Å². The Bertz CT molecular complexity index is 182. The van der Waals surface area contributed by atoms with Crippen molar-refractivity contribution in [2.24, 2.45) is 5.92 Å². The first-order valence-corrected chi connectivity index (χ1v) is 3.65. The summed E-state index contributed by atoms with van der Waals surface area (Å²) in [6.07, 6.45) is 1.06. The Kier molecular flexibility index (Phi) is 2.29. The number of ether oxygens (including phenoxy) is 1. The van der Waals surface area contributed by atoms with E-state index >= 15 is 0 Å². The van der Waals surface area contributed by atoms with Crippen LogP contribution >= 0.6 is 0 Å². The molecule has 0 bridgehead atoms. The molecule has 0 aromatic heterocycles. The largest absolute Gasteiger partial charge is 0.478 e. The zero-order chi connectivity index (χ0) is 8.43. The Labute approximate surface area is 65.7 Å². The minimum atomic E-state index is -0.904. The molecule has 0 saturated carbocycles. The molecule has 62 valence electrons. The van der Waals surface area contributed by atoms with E-state index in [2.05, 4.69) is 6.58 Å². The van der Waals surface area contributed by atoms with Crippen molar-refractivity contribution in [3.63, 3.8) is 0 Å². The number of carboxylic acids is 1. The molecule has 2 atom stereocenters.